The molecule has 0 radical (unpaired) electrons. The van der Waals surface area contributed by atoms with Crippen LogP contribution in [-0.2, 0) is 0 Å². The third-order valence-electron chi connectivity index (χ3n) is 10.8. The van der Waals surface area contributed by atoms with Crippen LogP contribution in [-0.4, -0.2) is 18.5 Å². The molecule has 7 aromatic carbocycles. The van der Waals surface area contributed by atoms with E-state index in [0.717, 1.165) is 27.9 Å². The Kier molecular flexibility index (Phi) is 4.69. The van der Waals surface area contributed by atoms with Gasteiger partial charge in [-0.25, -0.2) is 4.98 Å². The van der Waals surface area contributed by atoms with Crippen molar-refractivity contribution >= 4 is 92.6 Å². The molecule has 4 nitrogen and oxygen atoms in total. The highest BCUT2D eigenvalue weighted by molar-refractivity contribution is 6.35. The first-order valence-electron chi connectivity index (χ1n) is 16.8. The van der Waals surface area contributed by atoms with E-state index in [1.165, 1.54) is 76.1 Å². The molecule has 0 bridgehead atoms. The SMILES string of the molecule is c1ccc(-n2c3ccccc3c3cc(-n4c5c6ccccc6ccc5c5cc6c7ccccc7n7c8ccccc8c(c54)c67)cnc32)cc1. The highest BCUT2D eigenvalue weighted by atomic mass is 15.1. The lowest BCUT2D eigenvalue weighted by Crippen LogP contribution is -1.98. The third-order valence-corrected chi connectivity index (χ3v) is 10.8. The van der Waals surface area contributed by atoms with Crippen molar-refractivity contribution in [2.24, 2.45) is 0 Å². The Labute approximate surface area is 279 Å². The normalized spacial score (nSPS) is 12.5. The van der Waals surface area contributed by atoms with E-state index in [2.05, 4.69) is 171 Å². The first kappa shape index (κ1) is 25.4. The molecule has 12 aromatic rings. The second-order valence-electron chi connectivity index (χ2n) is 13.2. The lowest BCUT2D eigenvalue weighted by molar-refractivity contribution is 1.11. The fourth-order valence-electron chi connectivity index (χ4n) is 8.82. The first-order valence-corrected chi connectivity index (χ1v) is 16.8. The maximum atomic E-state index is 5.29. The van der Waals surface area contributed by atoms with Crippen LogP contribution in [0.25, 0.3) is 104 Å². The Balaban J connectivity index is 1.32. The van der Waals surface area contributed by atoms with Gasteiger partial charge in [-0.15, -0.1) is 0 Å². The lowest BCUT2D eigenvalue weighted by atomic mass is 10.0. The highest BCUT2D eigenvalue weighted by Crippen LogP contribution is 2.47. The van der Waals surface area contributed by atoms with Crippen molar-refractivity contribution in [2.45, 2.75) is 0 Å². The second-order valence-corrected chi connectivity index (χ2v) is 13.2. The number of para-hydroxylation sites is 4. The summed E-state index contributed by atoms with van der Waals surface area (Å²) in [6.07, 6.45) is 2.08. The fraction of sp³-hybridized carbons (Fsp3) is 0. The van der Waals surface area contributed by atoms with Crippen molar-refractivity contribution in [1.29, 1.82) is 0 Å². The van der Waals surface area contributed by atoms with Gasteiger partial charge in [0.05, 0.1) is 45.0 Å². The lowest BCUT2D eigenvalue weighted by Gasteiger charge is -2.12. The van der Waals surface area contributed by atoms with Gasteiger partial charge in [0.25, 0.3) is 0 Å². The van der Waals surface area contributed by atoms with E-state index < -0.39 is 0 Å². The summed E-state index contributed by atoms with van der Waals surface area (Å²) in [5.74, 6) is 0. The summed E-state index contributed by atoms with van der Waals surface area (Å²) >= 11 is 0. The van der Waals surface area contributed by atoms with Gasteiger partial charge >= 0.3 is 0 Å². The molecule has 0 N–H and O–H groups in total. The van der Waals surface area contributed by atoms with E-state index in [4.69, 9.17) is 4.98 Å². The summed E-state index contributed by atoms with van der Waals surface area (Å²) in [5, 5.41) is 12.4. The van der Waals surface area contributed by atoms with Crippen LogP contribution in [0, 0.1) is 0 Å². The van der Waals surface area contributed by atoms with Crippen LogP contribution < -0.4 is 0 Å². The topological polar surface area (TPSA) is 27.2 Å². The Morgan fingerprint density at radius 1 is 0.367 bits per heavy atom. The third kappa shape index (κ3) is 3.12. The minimum Gasteiger partial charge on any atom is -0.308 e. The molecule has 0 spiro atoms. The minimum atomic E-state index is 0.958. The van der Waals surface area contributed by atoms with Gasteiger partial charge in [0, 0.05) is 54.2 Å². The molecular formula is C45H26N4. The predicted molar refractivity (Wildman–Crippen MR) is 205 cm³/mol. The quantitative estimate of drug-likeness (QED) is 0.188. The van der Waals surface area contributed by atoms with Crippen molar-refractivity contribution in [3.8, 4) is 11.4 Å². The average Bonchev–Trinajstić information content (AvgIpc) is 3.89. The van der Waals surface area contributed by atoms with Gasteiger partial charge < -0.3 is 8.97 Å². The van der Waals surface area contributed by atoms with E-state index >= 15 is 0 Å². The van der Waals surface area contributed by atoms with Gasteiger partial charge in [0.2, 0.25) is 0 Å². The fourth-order valence-corrected chi connectivity index (χ4v) is 8.82. The molecule has 0 saturated carbocycles. The van der Waals surface area contributed by atoms with Crippen LogP contribution in [0.5, 0.6) is 0 Å². The van der Waals surface area contributed by atoms with E-state index in [1.807, 2.05) is 0 Å². The molecule has 12 rings (SSSR count). The molecule has 0 amide bonds. The van der Waals surface area contributed by atoms with Crippen LogP contribution >= 0.6 is 0 Å². The van der Waals surface area contributed by atoms with Crippen LogP contribution in [0.1, 0.15) is 0 Å². The van der Waals surface area contributed by atoms with Crippen LogP contribution in [0.3, 0.4) is 0 Å². The van der Waals surface area contributed by atoms with Gasteiger partial charge in [-0.2, -0.15) is 0 Å². The summed E-state index contributed by atoms with van der Waals surface area (Å²) in [6.45, 7) is 0. The predicted octanol–water partition coefficient (Wildman–Crippen LogP) is 11.6. The molecule has 226 valence electrons. The maximum Gasteiger partial charge on any atom is 0.145 e. The van der Waals surface area contributed by atoms with Crippen molar-refractivity contribution in [1.82, 2.24) is 18.5 Å². The Morgan fingerprint density at radius 3 is 1.82 bits per heavy atom. The summed E-state index contributed by atoms with van der Waals surface area (Å²) in [6, 6.07) is 55.1. The number of nitrogens with zero attached hydrogens (tertiary/aromatic N) is 4. The Hall–Kier alpha value is -6.65. The van der Waals surface area contributed by atoms with Crippen LogP contribution in [0.4, 0.5) is 0 Å². The number of aromatic nitrogens is 4. The standard InChI is InChI=1S/C45H26N4/c1-2-13-28(14-3-1)47-38-19-9-7-17-32(38)37-24-29(26-46-45(37)47)48-42-30-15-5-4-12-27(30)22-23-33(42)36-25-35-31-16-6-10-20-39(31)49-40-21-11-8-18-34(40)41(43(36)48)44(35)49/h1-26H. The van der Waals surface area contributed by atoms with E-state index in [1.54, 1.807) is 0 Å². The zero-order valence-corrected chi connectivity index (χ0v) is 26.3. The molecule has 0 fully saturated rings. The van der Waals surface area contributed by atoms with Gasteiger partial charge in [-0.1, -0.05) is 109 Å². The smallest absolute Gasteiger partial charge is 0.145 e. The van der Waals surface area contributed by atoms with E-state index in [-0.39, 0.29) is 0 Å². The second kappa shape index (κ2) is 9.03. The molecule has 4 heteroatoms. The average molecular weight is 623 g/mol. The maximum absolute atomic E-state index is 5.29. The van der Waals surface area contributed by atoms with E-state index in [0.29, 0.717) is 0 Å². The van der Waals surface area contributed by atoms with Crippen LogP contribution in [0.15, 0.2) is 158 Å². The zero-order valence-electron chi connectivity index (χ0n) is 26.3. The number of hydrogen-bond donors (Lipinski definition) is 0. The molecule has 0 aliphatic carbocycles. The summed E-state index contributed by atoms with van der Waals surface area (Å²) in [4.78, 5) is 5.29. The zero-order chi connectivity index (χ0) is 31.8. The summed E-state index contributed by atoms with van der Waals surface area (Å²) in [7, 11) is 0. The molecule has 0 aliphatic heterocycles. The highest BCUT2D eigenvalue weighted by Gasteiger charge is 2.25. The van der Waals surface area contributed by atoms with Gasteiger partial charge in [0.1, 0.15) is 5.65 Å². The Bertz CT molecular complexity index is 3320. The number of rotatable bonds is 2. The molecule has 49 heavy (non-hydrogen) atoms. The van der Waals surface area contributed by atoms with Crippen molar-refractivity contribution in [3.63, 3.8) is 0 Å². The molecule has 0 atom stereocenters. The molecular weight excluding hydrogens is 597 g/mol. The number of hydrogen-bond acceptors (Lipinski definition) is 1. The summed E-state index contributed by atoms with van der Waals surface area (Å²) in [5.41, 5.74) is 10.5. The van der Waals surface area contributed by atoms with Gasteiger partial charge in [-0.05, 0) is 47.9 Å². The molecule has 0 unspecified atom stereocenters. The van der Waals surface area contributed by atoms with Crippen molar-refractivity contribution < 1.29 is 0 Å². The van der Waals surface area contributed by atoms with Gasteiger partial charge in [0.15, 0.2) is 0 Å². The molecule has 0 aliphatic rings. The molecule has 5 aromatic heterocycles. The number of fused-ring (bicyclic) bond motifs is 15. The Morgan fingerprint density at radius 2 is 1.00 bits per heavy atom. The minimum absolute atomic E-state index is 0.958. The molecule has 0 saturated heterocycles. The van der Waals surface area contributed by atoms with Gasteiger partial charge in [-0.3, -0.25) is 4.57 Å². The first-order chi connectivity index (χ1) is 24.3. The van der Waals surface area contributed by atoms with E-state index in [9.17, 15) is 0 Å². The van der Waals surface area contributed by atoms with Crippen molar-refractivity contribution in [3.05, 3.63) is 158 Å². The van der Waals surface area contributed by atoms with Crippen LogP contribution in [0.2, 0.25) is 0 Å². The number of pyridine rings is 1. The largest absolute Gasteiger partial charge is 0.308 e. The van der Waals surface area contributed by atoms with Crippen molar-refractivity contribution in [2.75, 3.05) is 0 Å². The number of benzene rings is 7. The molecule has 5 heterocycles. The monoisotopic (exact) mass is 622 g/mol. The summed E-state index contributed by atoms with van der Waals surface area (Å²) < 4.78 is 7.27.